The van der Waals surface area contributed by atoms with Gasteiger partial charge in [-0.1, -0.05) is 64.4 Å². The average Bonchev–Trinajstić information content (AvgIpc) is 3.62. The number of nitrogens with zero attached hydrogens (tertiary/aromatic N) is 1. The fraction of sp³-hybridized carbons (Fsp3) is 0.784. The maximum Gasteiger partial charge on any atom is 0.264 e. The van der Waals surface area contributed by atoms with Crippen molar-refractivity contribution >= 4 is 35.2 Å². The molecule has 406 valence electrons. The van der Waals surface area contributed by atoms with E-state index < -0.39 is 29.7 Å². The first kappa shape index (κ1) is 61.8. The van der Waals surface area contributed by atoms with Gasteiger partial charge in [-0.25, -0.2) is 0 Å². The van der Waals surface area contributed by atoms with Gasteiger partial charge < -0.3 is 62.2 Å². The fourth-order valence-electron chi connectivity index (χ4n) is 7.36. The predicted molar refractivity (Wildman–Crippen MR) is 263 cm³/mol. The number of carbonyl (C=O) groups is 5. The molecule has 1 aromatic rings. The molecule has 2 N–H and O–H groups in total. The molecule has 0 spiro atoms. The molecule has 20 nitrogen and oxygen atoms in total. The molecule has 20 heteroatoms. The fourth-order valence-corrected chi connectivity index (χ4v) is 7.36. The summed E-state index contributed by atoms with van der Waals surface area (Å²) in [5, 5.41) is 4.91. The lowest BCUT2D eigenvalue weighted by Crippen LogP contribution is -2.54. The number of benzene rings is 1. The highest BCUT2D eigenvalue weighted by molar-refractivity contribution is 6.26. The molecule has 2 aliphatic rings. The van der Waals surface area contributed by atoms with Crippen molar-refractivity contribution in [2.75, 3.05) is 164 Å². The maximum atomic E-state index is 13.2. The Morgan fingerprint density at radius 2 is 0.859 bits per heavy atom. The molecule has 0 saturated carbocycles. The van der Waals surface area contributed by atoms with Gasteiger partial charge in [0.25, 0.3) is 11.8 Å². The van der Waals surface area contributed by atoms with Crippen molar-refractivity contribution in [1.82, 2.24) is 10.2 Å². The molecule has 3 rings (SSSR count). The molecular weight excluding hydrogens is 927 g/mol. The standard InChI is InChI=1S/C51H85N3O17/c1-2-3-4-5-6-7-8-11-19-60-21-23-62-25-27-64-29-31-66-33-35-68-37-39-70-41-42-71-40-38-69-36-34-67-32-30-65-28-26-63-24-22-61-20-12-9-10-16-46(55)52-44-15-13-14-43-48(44)51(59)54(50(43)58)45-17-18-47(56)53-49(45)57/h13-15,45H,2-12,16-42H2,1H3,(H,52,55)(H,53,56,57). The zero-order chi connectivity index (χ0) is 50.7. The van der Waals surface area contributed by atoms with Gasteiger partial charge in [0.1, 0.15) is 6.04 Å². The lowest BCUT2D eigenvalue weighted by Gasteiger charge is -2.27. The minimum atomic E-state index is -1.08. The Morgan fingerprint density at radius 3 is 1.25 bits per heavy atom. The van der Waals surface area contributed by atoms with Gasteiger partial charge >= 0.3 is 0 Å². The number of hydrogen-bond acceptors (Lipinski definition) is 17. The summed E-state index contributed by atoms with van der Waals surface area (Å²) in [6, 6.07) is 3.53. The molecule has 0 bridgehead atoms. The first-order valence-electron chi connectivity index (χ1n) is 26.0. The summed E-state index contributed by atoms with van der Waals surface area (Å²) in [6.45, 7) is 14.5. The monoisotopic (exact) mass is 1010 g/mol. The van der Waals surface area contributed by atoms with Gasteiger partial charge in [-0.15, -0.1) is 0 Å². The number of carbonyl (C=O) groups excluding carboxylic acids is 5. The van der Waals surface area contributed by atoms with E-state index in [-0.39, 0.29) is 42.0 Å². The normalized spacial score (nSPS) is 14.7. The zero-order valence-electron chi connectivity index (χ0n) is 42.6. The van der Waals surface area contributed by atoms with Crippen molar-refractivity contribution in [1.29, 1.82) is 0 Å². The van der Waals surface area contributed by atoms with E-state index in [1.54, 1.807) is 12.1 Å². The molecular formula is C51H85N3O17. The lowest BCUT2D eigenvalue weighted by atomic mass is 10.0. The van der Waals surface area contributed by atoms with Crippen LogP contribution in [0.4, 0.5) is 5.69 Å². The third-order valence-electron chi connectivity index (χ3n) is 11.2. The highest BCUT2D eigenvalue weighted by atomic mass is 16.6. The molecule has 1 atom stereocenters. The first-order chi connectivity index (χ1) is 34.9. The molecule has 1 unspecified atom stereocenters. The SMILES string of the molecule is CCCCCCCCCCOCCOCCOCCOCCOCCOCCOCCOCCOCCOCCOCCOCCCCCC(=O)Nc1cccc2c1C(=O)N(C1CCC(=O)NC1=O)C2=O. The maximum absolute atomic E-state index is 13.2. The molecule has 1 aromatic carbocycles. The summed E-state index contributed by atoms with van der Waals surface area (Å²) in [6.07, 6.45) is 12.9. The van der Waals surface area contributed by atoms with Crippen LogP contribution in [0.3, 0.4) is 0 Å². The van der Waals surface area contributed by atoms with E-state index >= 15 is 0 Å². The highest BCUT2D eigenvalue weighted by Crippen LogP contribution is 2.32. The van der Waals surface area contributed by atoms with Gasteiger partial charge in [0.2, 0.25) is 17.7 Å². The number of imide groups is 2. The summed E-state index contributed by atoms with van der Waals surface area (Å²) in [4.78, 5) is 63.7. The molecule has 5 amide bonds. The van der Waals surface area contributed by atoms with Crippen LogP contribution in [0, 0.1) is 0 Å². The largest absolute Gasteiger partial charge is 0.379 e. The second-order valence-corrected chi connectivity index (χ2v) is 16.9. The number of ether oxygens (including phenoxy) is 12. The summed E-state index contributed by atoms with van der Waals surface area (Å²) in [5.41, 5.74) is 0.381. The first-order valence-corrected chi connectivity index (χ1v) is 26.0. The number of hydrogen-bond donors (Lipinski definition) is 2. The van der Waals surface area contributed by atoms with E-state index in [1.165, 1.54) is 51.0 Å². The lowest BCUT2D eigenvalue weighted by molar-refractivity contribution is -0.136. The van der Waals surface area contributed by atoms with E-state index in [9.17, 15) is 24.0 Å². The molecule has 1 saturated heterocycles. The number of fused-ring (bicyclic) bond motifs is 1. The van der Waals surface area contributed by atoms with Crippen molar-refractivity contribution in [3.63, 3.8) is 0 Å². The van der Waals surface area contributed by atoms with E-state index in [4.69, 9.17) is 56.8 Å². The van der Waals surface area contributed by atoms with Crippen LogP contribution < -0.4 is 10.6 Å². The Labute approximate surface area is 421 Å². The topological polar surface area (TPSA) is 223 Å². The summed E-state index contributed by atoms with van der Waals surface area (Å²) < 4.78 is 66.5. The Balaban J connectivity index is 0.941. The Bertz CT molecular complexity index is 1570. The van der Waals surface area contributed by atoms with E-state index in [1.807, 2.05) is 0 Å². The zero-order valence-corrected chi connectivity index (χ0v) is 42.6. The number of anilines is 1. The van der Waals surface area contributed by atoms with Crippen molar-refractivity contribution in [2.45, 2.75) is 103 Å². The van der Waals surface area contributed by atoms with Crippen LogP contribution in [0.25, 0.3) is 0 Å². The average molecular weight is 1010 g/mol. The predicted octanol–water partition coefficient (Wildman–Crippen LogP) is 4.93. The molecule has 1 fully saturated rings. The highest BCUT2D eigenvalue weighted by Gasteiger charge is 2.45. The summed E-state index contributed by atoms with van der Waals surface area (Å²) in [7, 11) is 0. The summed E-state index contributed by atoms with van der Waals surface area (Å²) >= 11 is 0. The van der Waals surface area contributed by atoms with Crippen LogP contribution in [-0.4, -0.2) is 199 Å². The number of rotatable bonds is 50. The minimum absolute atomic E-state index is 0.0270. The number of piperidine rings is 1. The molecule has 2 heterocycles. The second kappa shape index (κ2) is 42.9. The van der Waals surface area contributed by atoms with E-state index in [0.717, 1.165) is 30.8 Å². The molecule has 0 aromatic heterocycles. The molecule has 2 aliphatic heterocycles. The molecule has 0 aliphatic carbocycles. The number of amides is 5. The number of unbranched alkanes of at least 4 members (excludes halogenated alkanes) is 9. The Kier molecular flexibility index (Phi) is 37.4. The van der Waals surface area contributed by atoms with Gasteiger partial charge in [-0.2, -0.15) is 0 Å². The van der Waals surface area contributed by atoms with E-state index in [0.29, 0.717) is 158 Å². The van der Waals surface area contributed by atoms with Crippen LogP contribution in [-0.2, 0) is 71.2 Å². The van der Waals surface area contributed by atoms with Crippen LogP contribution in [0.1, 0.15) is 118 Å². The molecule has 71 heavy (non-hydrogen) atoms. The van der Waals surface area contributed by atoms with Crippen molar-refractivity contribution in [3.8, 4) is 0 Å². The quantitative estimate of drug-likeness (QED) is 0.0653. The van der Waals surface area contributed by atoms with Gasteiger partial charge in [0, 0.05) is 26.1 Å². The van der Waals surface area contributed by atoms with Crippen LogP contribution >= 0.6 is 0 Å². The van der Waals surface area contributed by atoms with Crippen LogP contribution in [0.5, 0.6) is 0 Å². The van der Waals surface area contributed by atoms with Gasteiger partial charge in [0.15, 0.2) is 0 Å². The smallest absolute Gasteiger partial charge is 0.264 e. The van der Waals surface area contributed by atoms with Crippen molar-refractivity contribution in [3.05, 3.63) is 29.3 Å². The van der Waals surface area contributed by atoms with E-state index in [2.05, 4.69) is 17.6 Å². The Hall–Kier alpha value is -3.51. The summed E-state index contributed by atoms with van der Waals surface area (Å²) in [5.74, 6) is -2.72. The van der Waals surface area contributed by atoms with Gasteiger partial charge in [0.05, 0.1) is 162 Å². The van der Waals surface area contributed by atoms with Gasteiger partial charge in [-0.3, -0.25) is 34.2 Å². The van der Waals surface area contributed by atoms with Crippen molar-refractivity contribution in [2.24, 2.45) is 0 Å². The third kappa shape index (κ3) is 29.7. The molecule has 0 radical (unpaired) electrons. The Morgan fingerprint density at radius 1 is 0.493 bits per heavy atom. The van der Waals surface area contributed by atoms with Crippen molar-refractivity contribution < 1.29 is 80.8 Å². The second-order valence-electron chi connectivity index (χ2n) is 16.9. The third-order valence-corrected chi connectivity index (χ3v) is 11.2. The van der Waals surface area contributed by atoms with Crippen LogP contribution in [0.15, 0.2) is 18.2 Å². The minimum Gasteiger partial charge on any atom is -0.379 e. The van der Waals surface area contributed by atoms with Gasteiger partial charge in [-0.05, 0) is 37.8 Å². The number of nitrogens with one attached hydrogen (secondary N) is 2. The van der Waals surface area contributed by atoms with Crippen LogP contribution in [0.2, 0.25) is 0 Å².